The minimum Gasteiger partial charge on any atom is -0.207 e. The summed E-state index contributed by atoms with van der Waals surface area (Å²) in [6.45, 7) is 1.98. The van der Waals surface area contributed by atoms with Gasteiger partial charge in [-0.3, -0.25) is 0 Å². The second kappa shape index (κ2) is 4.16. The molecule has 0 aliphatic rings. The fraction of sp³-hybridized carbons (Fsp3) is 0.0714. The lowest BCUT2D eigenvalue weighted by Crippen LogP contribution is -1.84. The van der Waals surface area contributed by atoms with Crippen molar-refractivity contribution < 1.29 is 4.39 Å². The number of hydrogen-bond acceptors (Lipinski definition) is 1. The molecule has 2 heteroatoms. The second-order valence-electron chi connectivity index (χ2n) is 3.71. The van der Waals surface area contributed by atoms with Gasteiger partial charge in [-0.1, -0.05) is 29.8 Å². The SMILES string of the molecule is Cc1cccc(-c2cc(F)cc(C#N)c2)c1. The molecule has 78 valence electrons. The van der Waals surface area contributed by atoms with Crippen LogP contribution < -0.4 is 0 Å². The van der Waals surface area contributed by atoms with Gasteiger partial charge in [0.25, 0.3) is 0 Å². The smallest absolute Gasteiger partial charge is 0.125 e. The Labute approximate surface area is 93.8 Å². The fourth-order valence-corrected chi connectivity index (χ4v) is 1.65. The Morgan fingerprint density at radius 3 is 2.56 bits per heavy atom. The number of benzene rings is 2. The zero-order chi connectivity index (χ0) is 11.5. The standard InChI is InChI=1S/C14H10FN/c1-10-3-2-4-12(5-10)13-6-11(9-16)7-14(15)8-13/h2-8H,1H3. The van der Waals surface area contributed by atoms with E-state index in [4.69, 9.17) is 5.26 Å². The largest absolute Gasteiger partial charge is 0.207 e. The Morgan fingerprint density at radius 1 is 1.06 bits per heavy atom. The van der Waals surface area contributed by atoms with Crippen molar-refractivity contribution in [2.45, 2.75) is 6.92 Å². The van der Waals surface area contributed by atoms with Crippen LogP contribution in [0.3, 0.4) is 0 Å². The van der Waals surface area contributed by atoms with E-state index < -0.39 is 0 Å². The third kappa shape index (κ3) is 2.09. The van der Waals surface area contributed by atoms with Crippen LogP contribution in [0.5, 0.6) is 0 Å². The summed E-state index contributed by atoms with van der Waals surface area (Å²) in [5.41, 5.74) is 3.12. The molecule has 0 N–H and O–H groups in total. The van der Waals surface area contributed by atoms with Crippen molar-refractivity contribution >= 4 is 0 Å². The lowest BCUT2D eigenvalue weighted by Gasteiger charge is -2.03. The Kier molecular flexibility index (Phi) is 2.70. The molecule has 0 bridgehead atoms. The van der Waals surface area contributed by atoms with E-state index in [2.05, 4.69) is 0 Å². The van der Waals surface area contributed by atoms with Crippen molar-refractivity contribution in [1.82, 2.24) is 0 Å². The molecule has 0 atom stereocenters. The van der Waals surface area contributed by atoms with Crippen LogP contribution in [0, 0.1) is 24.1 Å². The van der Waals surface area contributed by atoms with Crippen LogP contribution in [-0.4, -0.2) is 0 Å². The Hall–Kier alpha value is -2.14. The van der Waals surface area contributed by atoms with Gasteiger partial charge in [-0.2, -0.15) is 5.26 Å². The highest BCUT2D eigenvalue weighted by atomic mass is 19.1. The normalized spacial score (nSPS) is 9.81. The Morgan fingerprint density at radius 2 is 1.88 bits per heavy atom. The summed E-state index contributed by atoms with van der Waals surface area (Å²) in [6, 6.07) is 14.1. The van der Waals surface area contributed by atoms with Crippen molar-refractivity contribution in [3.05, 3.63) is 59.4 Å². The zero-order valence-corrected chi connectivity index (χ0v) is 8.87. The van der Waals surface area contributed by atoms with E-state index in [1.807, 2.05) is 37.3 Å². The third-order valence-corrected chi connectivity index (χ3v) is 2.38. The van der Waals surface area contributed by atoms with Gasteiger partial charge in [0.2, 0.25) is 0 Å². The average Bonchev–Trinajstić information content (AvgIpc) is 2.28. The van der Waals surface area contributed by atoms with Crippen molar-refractivity contribution in [2.75, 3.05) is 0 Å². The Balaban J connectivity index is 2.56. The lowest BCUT2D eigenvalue weighted by atomic mass is 10.0. The average molecular weight is 211 g/mol. The van der Waals surface area contributed by atoms with Gasteiger partial charge in [-0.25, -0.2) is 4.39 Å². The number of aryl methyl sites for hydroxylation is 1. The maximum absolute atomic E-state index is 13.2. The van der Waals surface area contributed by atoms with Crippen LogP contribution in [0.1, 0.15) is 11.1 Å². The molecule has 0 radical (unpaired) electrons. The number of nitrogens with zero attached hydrogens (tertiary/aromatic N) is 1. The highest BCUT2D eigenvalue weighted by Gasteiger charge is 2.02. The predicted octanol–water partition coefficient (Wildman–Crippen LogP) is 3.67. The van der Waals surface area contributed by atoms with Crippen molar-refractivity contribution in [3.8, 4) is 17.2 Å². The summed E-state index contributed by atoms with van der Waals surface area (Å²) in [5, 5.41) is 8.77. The molecule has 16 heavy (non-hydrogen) atoms. The molecule has 2 aromatic rings. The summed E-state index contributed by atoms with van der Waals surface area (Å²) >= 11 is 0. The van der Waals surface area contributed by atoms with E-state index in [0.29, 0.717) is 5.56 Å². The van der Waals surface area contributed by atoms with Crippen LogP contribution in [0.2, 0.25) is 0 Å². The fourth-order valence-electron chi connectivity index (χ4n) is 1.65. The molecule has 2 rings (SSSR count). The molecule has 0 saturated carbocycles. The van der Waals surface area contributed by atoms with Gasteiger partial charge in [-0.15, -0.1) is 0 Å². The molecule has 0 aromatic heterocycles. The first-order chi connectivity index (χ1) is 7.69. The highest BCUT2D eigenvalue weighted by molar-refractivity contribution is 5.65. The predicted molar refractivity (Wildman–Crippen MR) is 61.3 cm³/mol. The molecule has 2 aromatic carbocycles. The summed E-state index contributed by atoms with van der Waals surface area (Å²) in [6.07, 6.45) is 0. The van der Waals surface area contributed by atoms with Crippen molar-refractivity contribution in [1.29, 1.82) is 5.26 Å². The van der Waals surface area contributed by atoms with Gasteiger partial charge >= 0.3 is 0 Å². The van der Waals surface area contributed by atoms with E-state index in [-0.39, 0.29) is 5.82 Å². The molecule has 0 fully saturated rings. The minimum atomic E-state index is -0.379. The molecule has 0 aliphatic heterocycles. The minimum absolute atomic E-state index is 0.344. The molecular weight excluding hydrogens is 201 g/mol. The van der Waals surface area contributed by atoms with Gasteiger partial charge in [0.05, 0.1) is 11.6 Å². The van der Waals surface area contributed by atoms with Gasteiger partial charge in [-0.05, 0) is 36.2 Å². The van der Waals surface area contributed by atoms with Gasteiger partial charge in [0.15, 0.2) is 0 Å². The summed E-state index contributed by atoms with van der Waals surface area (Å²) in [4.78, 5) is 0. The maximum Gasteiger partial charge on any atom is 0.125 e. The van der Waals surface area contributed by atoms with E-state index in [1.54, 1.807) is 6.07 Å². The van der Waals surface area contributed by atoms with Crippen LogP contribution in [0.15, 0.2) is 42.5 Å². The van der Waals surface area contributed by atoms with Gasteiger partial charge in [0.1, 0.15) is 5.82 Å². The summed E-state index contributed by atoms with van der Waals surface area (Å²) in [5.74, 6) is -0.379. The molecule has 0 aliphatic carbocycles. The topological polar surface area (TPSA) is 23.8 Å². The van der Waals surface area contributed by atoms with Gasteiger partial charge in [0, 0.05) is 0 Å². The van der Waals surface area contributed by atoms with Crippen LogP contribution in [0.4, 0.5) is 4.39 Å². The van der Waals surface area contributed by atoms with E-state index in [0.717, 1.165) is 16.7 Å². The first-order valence-corrected chi connectivity index (χ1v) is 4.97. The molecule has 0 spiro atoms. The monoisotopic (exact) mass is 211 g/mol. The number of rotatable bonds is 1. The van der Waals surface area contributed by atoms with E-state index >= 15 is 0 Å². The van der Waals surface area contributed by atoms with Crippen molar-refractivity contribution in [3.63, 3.8) is 0 Å². The number of nitriles is 1. The number of halogens is 1. The quantitative estimate of drug-likeness (QED) is 0.706. The highest BCUT2D eigenvalue weighted by Crippen LogP contribution is 2.22. The zero-order valence-electron chi connectivity index (χ0n) is 8.87. The second-order valence-corrected chi connectivity index (χ2v) is 3.71. The van der Waals surface area contributed by atoms with Gasteiger partial charge < -0.3 is 0 Å². The Bertz CT molecular complexity index is 567. The molecule has 0 amide bonds. The van der Waals surface area contributed by atoms with Crippen molar-refractivity contribution in [2.24, 2.45) is 0 Å². The first kappa shape index (κ1) is 10.4. The molecule has 0 heterocycles. The number of hydrogen-bond donors (Lipinski definition) is 0. The van der Waals surface area contributed by atoms with Crippen LogP contribution in [0.25, 0.3) is 11.1 Å². The third-order valence-electron chi connectivity index (χ3n) is 2.38. The van der Waals surface area contributed by atoms with Crippen LogP contribution >= 0.6 is 0 Å². The lowest BCUT2D eigenvalue weighted by molar-refractivity contribution is 0.628. The summed E-state index contributed by atoms with van der Waals surface area (Å²) < 4.78 is 13.2. The molecule has 1 nitrogen and oxygen atoms in total. The molecule has 0 unspecified atom stereocenters. The van der Waals surface area contributed by atoms with Crippen LogP contribution in [-0.2, 0) is 0 Å². The van der Waals surface area contributed by atoms with E-state index in [9.17, 15) is 4.39 Å². The summed E-state index contributed by atoms with van der Waals surface area (Å²) in [7, 11) is 0. The molecule has 0 saturated heterocycles. The van der Waals surface area contributed by atoms with E-state index in [1.165, 1.54) is 12.1 Å². The first-order valence-electron chi connectivity index (χ1n) is 4.97. The molecular formula is C14H10FN. The maximum atomic E-state index is 13.2.